The topological polar surface area (TPSA) is 270 Å². The molecule has 1 aromatic carbocycles. The number of nitrogens with one attached hydrogen (secondary N) is 2. The minimum Gasteiger partial charge on any atom is -0.463 e. The first-order valence-electron chi connectivity index (χ1n) is 16.1. The fraction of sp³-hybridized carbons (Fsp3) is 0.594. The molecule has 0 unspecified atom stereocenters. The second-order valence-electron chi connectivity index (χ2n) is 11.8. The summed E-state index contributed by atoms with van der Waals surface area (Å²) in [6, 6.07) is 1.92. The summed E-state index contributed by atoms with van der Waals surface area (Å²) in [5, 5.41) is 16.3. The van der Waals surface area contributed by atoms with Crippen LogP contribution in [0.5, 0.6) is 5.75 Å². The highest BCUT2D eigenvalue weighted by Crippen LogP contribution is 2.34. The van der Waals surface area contributed by atoms with E-state index in [1.807, 2.05) is 0 Å². The number of rotatable bonds is 14. The van der Waals surface area contributed by atoms with Crippen molar-refractivity contribution in [2.45, 2.75) is 110 Å². The Labute approximate surface area is 302 Å². The molecular weight excluding hydrogens is 714 g/mol. The van der Waals surface area contributed by atoms with Gasteiger partial charge >= 0.3 is 29.8 Å². The molecule has 2 N–H and O–H groups in total. The fourth-order valence-corrected chi connectivity index (χ4v) is 5.56. The summed E-state index contributed by atoms with van der Waals surface area (Å²) in [7, 11) is 0. The van der Waals surface area contributed by atoms with E-state index in [2.05, 4.69) is 10.6 Å². The van der Waals surface area contributed by atoms with Crippen LogP contribution in [-0.2, 0) is 71.5 Å². The molecule has 0 saturated carbocycles. The number of benzene rings is 1. The number of amides is 2. The van der Waals surface area contributed by atoms with Crippen molar-refractivity contribution in [3.63, 3.8) is 0 Å². The lowest BCUT2D eigenvalue weighted by molar-refractivity contribution is -0.384. The van der Waals surface area contributed by atoms with Gasteiger partial charge < -0.3 is 53.3 Å². The Kier molecular flexibility index (Phi) is 15.0. The number of ether oxygens (including phenoxy) is 9. The predicted molar refractivity (Wildman–Crippen MR) is 171 cm³/mol. The first kappa shape index (κ1) is 42.0. The van der Waals surface area contributed by atoms with E-state index >= 15 is 0 Å². The minimum atomic E-state index is -1.72. The molecule has 10 atom stereocenters. The average Bonchev–Trinajstić information content (AvgIpc) is 3.03. The molecular formula is C32H41N3O18. The number of esters is 5. The van der Waals surface area contributed by atoms with Crippen molar-refractivity contribution in [2.24, 2.45) is 0 Å². The summed E-state index contributed by atoms with van der Waals surface area (Å²) in [4.78, 5) is 96.5. The van der Waals surface area contributed by atoms with Gasteiger partial charge in [0.25, 0.3) is 5.69 Å². The lowest BCUT2D eigenvalue weighted by atomic mass is 9.94. The molecule has 53 heavy (non-hydrogen) atoms. The molecule has 2 aliphatic rings. The molecule has 0 radical (unpaired) electrons. The third-order valence-corrected chi connectivity index (χ3v) is 7.43. The van der Waals surface area contributed by atoms with Gasteiger partial charge in [0.05, 0.1) is 4.92 Å². The van der Waals surface area contributed by atoms with Crippen molar-refractivity contribution in [1.82, 2.24) is 10.6 Å². The summed E-state index contributed by atoms with van der Waals surface area (Å²) in [6.45, 7) is 6.47. The molecule has 3 rings (SSSR count). The zero-order valence-electron chi connectivity index (χ0n) is 29.8. The fourth-order valence-electron chi connectivity index (χ4n) is 5.56. The zero-order valence-corrected chi connectivity index (χ0v) is 29.8. The van der Waals surface area contributed by atoms with E-state index in [-0.39, 0.29) is 11.4 Å². The smallest absolute Gasteiger partial charge is 0.303 e. The van der Waals surface area contributed by atoms with Crippen LogP contribution in [0.2, 0.25) is 0 Å². The Bertz CT molecular complexity index is 1540. The quantitative estimate of drug-likeness (QED) is 0.107. The van der Waals surface area contributed by atoms with Crippen molar-refractivity contribution in [2.75, 3.05) is 13.2 Å². The van der Waals surface area contributed by atoms with Gasteiger partial charge in [0.2, 0.25) is 18.1 Å². The van der Waals surface area contributed by atoms with Crippen LogP contribution in [0, 0.1) is 10.1 Å². The van der Waals surface area contributed by atoms with Crippen molar-refractivity contribution >= 4 is 47.3 Å². The molecule has 2 amide bonds. The number of nitro benzene ring substituents is 1. The standard InChI is InChI=1S/C32H41N3O18/c1-14(36)33-25-30(49-20(7)42)28(24(13-46-17(4)39)51-31(25)50-22-10-8-21(9-11-22)35(43)44)53-32-26(34-15(2)37)29(48-19(6)41)27(47-18(5)40)23(52-32)12-45-16(3)38/h8-11,23-32H,12-13H2,1-7H3,(H,33,36)(H,34,37)/t23-,24+,25+,26-,27-,28+,29-,30+,31+,32+/m0/s1. The number of carbonyl (C=O) groups excluding carboxylic acids is 7. The van der Waals surface area contributed by atoms with E-state index in [0.29, 0.717) is 0 Å². The highest BCUT2D eigenvalue weighted by atomic mass is 16.7. The van der Waals surface area contributed by atoms with Crippen LogP contribution in [0.15, 0.2) is 24.3 Å². The number of non-ortho nitro benzene ring substituents is 1. The van der Waals surface area contributed by atoms with Crippen molar-refractivity contribution in [1.29, 1.82) is 0 Å². The van der Waals surface area contributed by atoms with Crippen molar-refractivity contribution in [3.05, 3.63) is 34.4 Å². The van der Waals surface area contributed by atoms with Crippen LogP contribution < -0.4 is 15.4 Å². The number of carbonyl (C=O) groups is 7. The molecule has 0 aliphatic carbocycles. The number of nitrogens with zero attached hydrogens (tertiary/aromatic N) is 1. The van der Waals surface area contributed by atoms with Gasteiger partial charge in [-0.3, -0.25) is 43.7 Å². The second kappa shape index (κ2) is 18.9. The van der Waals surface area contributed by atoms with Gasteiger partial charge in [-0.1, -0.05) is 0 Å². The van der Waals surface area contributed by atoms with E-state index in [4.69, 9.17) is 42.6 Å². The molecule has 2 saturated heterocycles. The first-order chi connectivity index (χ1) is 24.9. The molecule has 292 valence electrons. The van der Waals surface area contributed by atoms with Crippen LogP contribution in [0.25, 0.3) is 0 Å². The number of hydrogen-bond acceptors (Lipinski definition) is 18. The van der Waals surface area contributed by atoms with Gasteiger partial charge in [-0.15, -0.1) is 0 Å². The third kappa shape index (κ3) is 12.4. The molecule has 1 aromatic rings. The van der Waals surface area contributed by atoms with Crippen molar-refractivity contribution in [3.8, 4) is 5.75 Å². The third-order valence-electron chi connectivity index (χ3n) is 7.43. The van der Waals surface area contributed by atoms with Gasteiger partial charge in [-0.2, -0.15) is 0 Å². The van der Waals surface area contributed by atoms with E-state index < -0.39 is 121 Å². The maximum Gasteiger partial charge on any atom is 0.303 e. The Hall–Kier alpha value is -5.41. The molecule has 21 heteroatoms. The Morgan fingerprint density at radius 1 is 0.623 bits per heavy atom. The summed E-state index contributed by atoms with van der Waals surface area (Å²) in [5.74, 6) is -5.45. The average molecular weight is 756 g/mol. The Morgan fingerprint density at radius 2 is 1.04 bits per heavy atom. The van der Waals surface area contributed by atoms with Gasteiger partial charge in [0.15, 0.2) is 24.6 Å². The minimum absolute atomic E-state index is 0.0264. The highest BCUT2D eigenvalue weighted by molar-refractivity contribution is 5.74. The first-order valence-corrected chi connectivity index (χ1v) is 16.1. The van der Waals surface area contributed by atoms with E-state index in [0.717, 1.165) is 60.6 Å². The molecule has 0 spiro atoms. The monoisotopic (exact) mass is 755 g/mol. The summed E-state index contributed by atoms with van der Waals surface area (Å²) >= 11 is 0. The largest absolute Gasteiger partial charge is 0.463 e. The molecule has 2 fully saturated rings. The maximum atomic E-state index is 12.6. The van der Waals surface area contributed by atoms with Crippen molar-refractivity contribution < 1.29 is 81.1 Å². The van der Waals surface area contributed by atoms with Gasteiger partial charge in [-0.25, -0.2) is 0 Å². The molecule has 0 bridgehead atoms. The maximum absolute atomic E-state index is 12.6. The molecule has 0 aromatic heterocycles. The van der Waals surface area contributed by atoms with Crippen LogP contribution in [0.4, 0.5) is 5.69 Å². The Balaban J connectivity index is 2.16. The summed E-state index contributed by atoms with van der Waals surface area (Å²) in [6.07, 6.45) is -12.2. The summed E-state index contributed by atoms with van der Waals surface area (Å²) in [5.41, 5.74) is -0.254. The van der Waals surface area contributed by atoms with Crippen LogP contribution in [-0.4, -0.2) is 121 Å². The summed E-state index contributed by atoms with van der Waals surface area (Å²) < 4.78 is 51.6. The number of hydrogen-bond donors (Lipinski definition) is 2. The molecule has 21 nitrogen and oxygen atoms in total. The SMILES string of the molecule is CC(=O)N[C@@H]1[C@@H](O[C@H]2[C@H](OC(C)=O)[C@@H](NC(C)=O)[C@H](Oc3ccc([N+](=O)[O-])cc3)O[C@@H]2COC(C)=O)O[C@@H](COC(C)=O)[C@H](OC(C)=O)[C@H]1OC(C)=O. The van der Waals surface area contributed by atoms with E-state index in [1.54, 1.807) is 0 Å². The second-order valence-corrected chi connectivity index (χ2v) is 11.8. The number of nitro groups is 1. The van der Waals surface area contributed by atoms with Crippen LogP contribution >= 0.6 is 0 Å². The van der Waals surface area contributed by atoms with Gasteiger partial charge in [0, 0.05) is 60.6 Å². The van der Waals surface area contributed by atoms with E-state index in [9.17, 15) is 43.7 Å². The van der Waals surface area contributed by atoms with Crippen LogP contribution in [0.1, 0.15) is 48.5 Å². The van der Waals surface area contributed by atoms with Crippen LogP contribution in [0.3, 0.4) is 0 Å². The predicted octanol–water partition coefficient (Wildman–Crippen LogP) is -0.261. The molecule has 2 heterocycles. The lowest BCUT2D eigenvalue weighted by Crippen LogP contribution is -2.71. The molecule has 2 aliphatic heterocycles. The van der Waals surface area contributed by atoms with Gasteiger partial charge in [-0.05, 0) is 12.1 Å². The van der Waals surface area contributed by atoms with E-state index in [1.165, 1.54) is 12.1 Å². The highest BCUT2D eigenvalue weighted by Gasteiger charge is 2.56. The van der Waals surface area contributed by atoms with Gasteiger partial charge in [0.1, 0.15) is 49.4 Å². The lowest BCUT2D eigenvalue weighted by Gasteiger charge is -2.49. The zero-order chi connectivity index (χ0) is 39.6. The normalized spacial score (nSPS) is 27.9. The Morgan fingerprint density at radius 3 is 1.47 bits per heavy atom.